The van der Waals surface area contributed by atoms with E-state index in [0.29, 0.717) is 0 Å². The van der Waals surface area contributed by atoms with Crippen LogP contribution in [0.5, 0.6) is 0 Å². The van der Waals surface area contributed by atoms with Gasteiger partial charge in [0.2, 0.25) is 0 Å². The fraction of sp³-hybridized carbons (Fsp3) is 0.588. The third-order valence-corrected chi connectivity index (χ3v) is 4.52. The fourth-order valence-corrected chi connectivity index (χ4v) is 3.20. The molecule has 1 saturated heterocycles. The molecule has 2 aromatic rings. The van der Waals surface area contributed by atoms with Crippen molar-refractivity contribution in [3.05, 3.63) is 30.1 Å². The van der Waals surface area contributed by atoms with Crippen LogP contribution in [-0.2, 0) is 13.0 Å². The normalized spacial score (nSPS) is 17.6. The predicted molar refractivity (Wildman–Crippen MR) is 87.7 cm³/mol. The highest BCUT2D eigenvalue weighted by molar-refractivity contribution is 5.75. The van der Waals surface area contributed by atoms with Crippen LogP contribution in [0.15, 0.2) is 24.3 Å². The number of benzene rings is 1. The summed E-state index contributed by atoms with van der Waals surface area (Å²) in [5, 5.41) is 0. The maximum Gasteiger partial charge on any atom is 0.109 e. The van der Waals surface area contributed by atoms with Crippen LogP contribution in [-0.4, -0.2) is 59.1 Å². The minimum atomic E-state index is 1.00. The Morgan fingerprint density at radius 2 is 1.86 bits per heavy atom. The van der Waals surface area contributed by atoms with E-state index in [-0.39, 0.29) is 0 Å². The summed E-state index contributed by atoms with van der Waals surface area (Å²) >= 11 is 0. The van der Waals surface area contributed by atoms with Crippen LogP contribution in [0.4, 0.5) is 0 Å². The van der Waals surface area contributed by atoms with Gasteiger partial charge in [-0.3, -0.25) is 0 Å². The smallest absolute Gasteiger partial charge is 0.109 e. The zero-order valence-corrected chi connectivity index (χ0v) is 13.3. The van der Waals surface area contributed by atoms with Gasteiger partial charge in [-0.15, -0.1) is 0 Å². The van der Waals surface area contributed by atoms with Gasteiger partial charge in [0.1, 0.15) is 5.82 Å². The Labute approximate surface area is 127 Å². The Morgan fingerprint density at radius 1 is 1.10 bits per heavy atom. The summed E-state index contributed by atoms with van der Waals surface area (Å²) in [5.74, 6) is 1.24. The summed E-state index contributed by atoms with van der Waals surface area (Å²) in [6.45, 7) is 9.23. The van der Waals surface area contributed by atoms with Gasteiger partial charge >= 0.3 is 0 Å². The summed E-state index contributed by atoms with van der Waals surface area (Å²) in [6.07, 6.45) is 2.28. The molecule has 1 fully saturated rings. The average molecular weight is 286 g/mol. The van der Waals surface area contributed by atoms with Gasteiger partial charge in [0.15, 0.2) is 0 Å². The van der Waals surface area contributed by atoms with Crippen molar-refractivity contribution in [2.75, 3.05) is 39.8 Å². The molecule has 0 radical (unpaired) electrons. The van der Waals surface area contributed by atoms with Crippen molar-refractivity contribution < 1.29 is 0 Å². The lowest BCUT2D eigenvalue weighted by Crippen LogP contribution is -2.44. The number of piperazine rings is 1. The van der Waals surface area contributed by atoms with Gasteiger partial charge in [-0.25, -0.2) is 4.98 Å². The summed E-state index contributed by atoms with van der Waals surface area (Å²) in [6, 6.07) is 8.47. The summed E-state index contributed by atoms with van der Waals surface area (Å²) in [7, 11) is 2.21. The molecule has 114 valence electrons. The van der Waals surface area contributed by atoms with E-state index < -0.39 is 0 Å². The van der Waals surface area contributed by atoms with Crippen molar-refractivity contribution in [2.24, 2.45) is 0 Å². The van der Waals surface area contributed by atoms with Crippen molar-refractivity contribution in [1.29, 1.82) is 0 Å². The Balaban J connectivity index is 1.60. The molecule has 0 N–H and O–H groups in total. The van der Waals surface area contributed by atoms with Gasteiger partial charge in [0, 0.05) is 39.1 Å². The van der Waals surface area contributed by atoms with E-state index >= 15 is 0 Å². The molecule has 0 amide bonds. The molecule has 0 aliphatic carbocycles. The van der Waals surface area contributed by atoms with Crippen LogP contribution in [0.2, 0.25) is 0 Å². The zero-order valence-electron chi connectivity index (χ0n) is 13.3. The second kappa shape index (κ2) is 6.58. The van der Waals surface area contributed by atoms with Crippen molar-refractivity contribution in [3.63, 3.8) is 0 Å². The Morgan fingerprint density at radius 3 is 2.62 bits per heavy atom. The van der Waals surface area contributed by atoms with Crippen molar-refractivity contribution in [2.45, 2.75) is 26.3 Å². The molecule has 0 atom stereocenters. The minimum absolute atomic E-state index is 1.00. The fourth-order valence-electron chi connectivity index (χ4n) is 3.20. The molecule has 4 nitrogen and oxygen atoms in total. The van der Waals surface area contributed by atoms with E-state index in [0.717, 1.165) is 18.5 Å². The number of aromatic nitrogens is 2. The molecule has 1 aromatic carbocycles. The van der Waals surface area contributed by atoms with E-state index in [9.17, 15) is 0 Å². The SMILES string of the molecule is CCn1c(CCCN2CCN(C)CC2)nc2ccccc21. The molecule has 0 unspecified atom stereocenters. The molecule has 0 bridgehead atoms. The summed E-state index contributed by atoms with van der Waals surface area (Å²) in [4.78, 5) is 9.81. The van der Waals surface area contributed by atoms with Gasteiger partial charge in [-0.1, -0.05) is 12.1 Å². The second-order valence-corrected chi connectivity index (χ2v) is 6.01. The number of rotatable bonds is 5. The van der Waals surface area contributed by atoms with Gasteiger partial charge in [-0.2, -0.15) is 0 Å². The quantitative estimate of drug-likeness (QED) is 0.842. The Kier molecular flexibility index (Phi) is 4.56. The zero-order chi connectivity index (χ0) is 14.7. The second-order valence-electron chi connectivity index (χ2n) is 6.01. The van der Waals surface area contributed by atoms with Crippen LogP contribution < -0.4 is 0 Å². The molecule has 0 saturated carbocycles. The average Bonchev–Trinajstić information content (AvgIpc) is 2.86. The third-order valence-electron chi connectivity index (χ3n) is 4.52. The Bertz CT molecular complexity index is 581. The Hall–Kier alpha value is -1.39. The molecule has 21 heavy (non-hydrogen) atoms. The van der Waals surface area contributed by atoms with Gasteiger partial charge in [0.25, 0.3) is 0 Å². The number of para-hydroxylation sites is 2. The maximum absolute atomic E-state index is 4.81. The van der Waals surface area contributed by atoms with Gasteiger partial charge in [0.05, 0.1) is 11.0 Å². The maximum atomic E-state index is 4.81. The lowest BCUT2D eigenvalue weighted by Gasteiger charge is -2.32. The van der Waals surface area contributed by atoms with Crippen LogP contribution in [0.1, 0.15) is 19.2 Å². The van der Waals surface area contributed by atoms with Gasteiger partial charge < -0.3 is 14.4 Å². The molecule has 1 aliphatic heterocycles. The van der Waals surface area contributed by atoms with Crippen molar-refractivity contribution >= 4 is 11.0 Å². The molecule has 1 aromatic heterocycles. The number of nitrogens with zero attached hydrogens (tertiary/aromatic N) is 4. The number of likely N-dealkylation sites (N-methyl/N-ethyl adjacent to an activating group) is 1. The van der Waals surface area contributed by atoms with Crippen molar-refractivity contribution in [1.82, 2.24) is 19.4 Å². The van der Waals surface area contributed by atoms with E-state index in [1.165, 1.54) is 50.5 Å². The third kappa shape index (κ3) is 3.27. The van der Waals surface area contributed by atoms with Gasteiger partial charge in [-0.05, 0) is 39.1 Å². The first-order valence-electron chi connectivity index (χ1n) is 8.13. The largest absolute Gasteiger partial charge is 0.328 e. The molecular formula is C17H26N4. The van der Waals surface area contributed by atoms with Crippen LogP contribution in [0.3, 0.4) is 0 Å². The lowest BCUT2D eigenvalue weighted by atomic mass is 10.2. The molecule has 3 rings (SSSR count). The first kappa shape index (κ1) is 14.5. The minimum Gasteiger partial charge on any atom is -0.328 e. The van der Waals surface area contributed by atoms with Crippen molar-refractivity contribution in [3.8, 4) is 0 Å². The van der Waals surface area contributed by atoms with E-state index in [4.69, 9.17) is 4.98 Å². The lowest BCUT2D eigenvalue weighted by molar-refractivity contribution is 0.152. The molecule has 0 spiro atoms. The number of hydrogen-bond donors (Lipinski definition) is 0. The summed E-state index contributed by atoms with van der Waals surface area (Å²) < 4.78 is 2.36. The van der Waals surface area contributed by atoms with E-state index in [2.05, 4.69) is 52.6 Å². The number of hydrogen-bond acceptors (Lipinski definition) is 3. The molecule has 1 aliphatic rings. The first-order valence-corrected chi connectivity index (χ1v) is 8.13. The topological polar surface area (TPSA) is 24.3 Å². The first-order chi connectivity index (χ1) is 10.3. The predicted octanol–water partition coefficient (Wildman–Crippen LogP) is 2.24. The highest BCUT2D eigenvalue weighted by atomic mass is 15.2. The van der Waals surface area contributed by atoms with Crippen LogP contribution >= 0.6 is 0 Å². The number of aryl methyl sites for hydroxylation is 2. The van der Waals surface area contributed by atoms with E-state index in [1.54, 1.807) is 0 Å². The summed E-state index contributed by atoms with van der Waals surface area (Å²) in [5.41, 5.74) is 2.41. The van der Waals surface area contributed by atoms with Crippen LogP contribution in [0, 0.1) is 0 Å². The molecule has 4 heteroatoms. The highest BCUT2D eigenvalue weighted by Gasteiger charge is 2.14. The standard InChI is InChI=1S/C17H26N4/c1-3-21-16-8-5-4-7-15(16)18-17(21)9-6-10-20-13-11-19(2)12-14-20/h4-5,7-8H,3,6,9-14H2,1-2H3. The molecular weight excluding hydrogens is 260 g/mol. The number of imidazole rings is 1. The monoisotopic (exact) mass is 286 g/mol. The molecule has 2 heterocycles. The highest BCUT2D eigenvalue weighted by Crippen LogP contribution is 2.17. The van der Waals surface area contributed by atoms with E-state index in [1.807, 2.05) is 0 Å². The van der Waals surface area contributed by atoms with Crippen LogP contribution in [0.25, 0.3) is 11.0 Å². The number of fused-ring (bicyclic) bond motifs is 1.